The minimum Gasteiger partial charge on any atom is -0.478 e. The van der Waals surface area contributed by atoms with Gasteiger partial charge < -0.3 is 24.6 Å². The number of nitrogens with one attached hydrogen (secondary N) is 1. The molecule has 3 rings (SSSR count). The molecule has 0 saturated carbocycles. The van der Waals surface area contributed by atoms with Crippen LogP contribution in [0.1, 0.15) is 40.1 Å². The van der Waals surface area contributed by atoms with Crippen molar-refractivity contribution in [2.24, 2.45) is 0 Å². The van der Waals surface area contributed by atoms with Crippen LogP contribution in [-0.4, -0.2) is 52.9 Å². The Morgan fingerprint density at radius 1 is 0.971 bits per heavy atom. The van der Waals surface area contributed by atoms with E-state index in [0.717, 1.165) is 5.56 Å². The summed E-state index contributed by atoms with van der Waals surface area (Å²) in [7, 11) is 1.57. The number of amides is 1. The van der Waals surface area contributed by atoms with Crippen LogP contribution in [0, 0.1) is 0 Å². The highest BCUT2D eigenvalue weighted by molar-refractivity contribution is 6.04. The summed E-state index contributed by atoms with van der Waals surface area (Å²) in [6, 6.07) is 15.7. The summed E-state index contributed by atoms with van der Waals surface area (Å²) in [6.45, 7) is 4.09. The molecule has 2 N–H and O–H groups in total. The molecule has 1 amide bonds. The fourth-order valence-electron chi connectivity index (χ4n) is 3.18. The monoisotopic (exact) mass is 465 g/mol. The first-order chi connectivity index (χ1) is 16.3. The average Bonchev–Trinajstić information content (AvgIpc) is 2.80. The van der Waals surface area contributed by atoms with Gasteiger partial charge in [-0.2, -0.15) is 4.98 Å². The molecule has 1 aromatic carbocycles. The van der Waals surface area contributed by atoms with Crippen LogP contribution in [0.25, 0.3) is 0 Å². The van der Waals surface area contributed by atoms with Crippen LogP contribution in [-0.2, 0) is 11.2 Å². The third kappa shape index (κ3) is 7.28. The van der Waals surface area contributed by atoms with E-state index in [2.05, 4.69) is 15.3 Å². The normalized spacial score (nSPS) is 12.4. The Kier molecular flexibility index (Phi) is 8.53. The second-order valence-corrected chi connectivity index (χ2v) is 7.73. The lowest BCUT2D eigenvalue weighted by Crippen LogP contribution is -2.21. The van der Waals surface area contributed by atoms with E-state index >= 15 is 0 Å². The number of carbonyl (C=O) groups excluding carboxylic acids is 1. The van der Waals surface area contributed by atoms with E-state index in [-0.39, 0.29) is 40.9 Å². The number of carboxylic acid groups (broad SMARTS) is 1. The van der Waals surface area contributed by atoms with E-state index in [1.165, 1.54) is 30.5 Å². The second kappa shape index (κ2) is 11.8. The van der Waals surface area contributed by atoms with Crippen molar-refractivity contribution in [2.45, 2.75) is 32.5 Å². The van der Waals surface area contributed by atoms with Crippen LogP contribution in [0.15, 0.2) is 60.8 Å². The Balaban J connectivity index is 1.79. The zero-order valence-corrected chi connectivity index (χ0v) is 19.2. The molecule has 2 unspecified atom stereocenters. The first kappa shape index (κ1) is 24.7. The number of benzene rings is 1. The molecule has 0 spiro atoms. The van der Waals surface area contributed by atoms with Gasteiger partial charge >= 0.3 is 5.97 Å². The van der Waals surface area contributed by atoms with Gasteiger partial charge in [-0.1, -0.05) is 30.3 Å². The van der Waals surface area contributed by atoms with E-state index in [1.807, 2.05) is 44.2 Å². The predicted molar refractivity (Wildman–Crippen MR) is 126 cm³/mol. The zero-order chi connectivity index (χ0) is 24.5. The second-order valence-electron chi connectivity index (χ2n) is 7.73. The summed E-state index contributed by atoms with van der Waals surface area (Å²) < 4.78 is 16.9. The van der Waals surface area contributed by atoms with E-state index in [9.17, 15) is 9.59 Å². The lowest BCUT2D eigenvalue weighted by molar-refractivity contribution is 0.0696. The van der Waals surface area contributed by atoms with E-state index < -0.39 is 11.9 Å². The molecule has 3 aromatic rings. The number of carboxylic acids is 1. The minimum absolute atomic E-state index is 0.0211. The highest BCUT2D eigenvalue weighted by atomic mass is 16.5. The molecule has 0 bridgehead atoms. The zero-order valence-electron chi connectivity index (χ0n) is 19.2. The van der Waals surface area contributed by atoms with Gasteiger partial charge in [0.05, 0.1) is 17.7 Å². The first-order valence-corrected chi connectivity index (χ1v) is 10.7. The number of nitrogens with zero attached hydrogens (tertiary/aromatic N) is 2. The number of pyridine rings is 2. The van der Waals surface area contributed by atoms with Gasteiger partial charge in [-0.3, -0.25) is 4.79 Å². The minimum atomic E-state index is -1.10. The van der Waals surface area contributed by atoms with Crippen LogP contribution >= 0.6 is 0 Å². The van der Waals surface area contributed by atoms with Gasteiger partial charge in [-0.05, 0) is 31.5 Å². The molecule has 9 nitrogen and oxygen atoms in total. The van der Waals surface area contributed by atoms with Gasteiger partial charge in [0.15, 0.2) is 0 Å². The van der Waals surface area contributed by atoms with Crippen LogP contribution < -0.4 is 14.8 Å². The van der Waals surface area contributed by atoms with Crippen molar-refractivity contribution in [3.63, 3.8) is 0 Å². The van der Waals surface area contributed by atoms with Gasteiger partial charge in [0, 0.05) is 31.9 Å². The van der Waals surface area contributed by atoms with Gasteiger partial charge in [0.1, 0.15) is 18.0 Å². The lowest BCUT2D eigenvalue weighted by Gasteiger charge is -2.18. The van der Waals surface area contributed by atoms with Gasteiger partial charge in [-0.15, -0.1) is 0 Å². The fourth-order valence-corrected chi connectivity index (χ4v) is 3.18. The summed E-state index contributed by atoms with van der Waals surface area (Å²) in [4.78, 5) is 32.3. The van der Waals surface area contributed by atoms with Crippen molar-refractivity contribution in [3.8, 4) is 11.8 Å². The Morgan fingerprint density at radius 3 is 2.24 bits per heavy atom. The van der Waals surface area contributed by atoms with Crippen molar-refractivity contribution in [1.29, 1.82) is 0 Å². The highest BCUT2D eigenvalue weighted by Crippen LogP contribution is 2.22. The Morgan fingerprint density at radius 2 is 1.65 bits per heavy atom. The molecule has 0 saturated heterocycles. The number of anilines is 1. The van der Waals surface area contributed by atoms with Gasteiger partial charge in [0.25, 0.3) is 5.91 Å². The lowest BCUT2D eigenvalue weighted by atomic mass is 10.1. The maximum absolute atomic E-state index is 12.9. The predicted octanol–water partition coefficient (Wildman–Crippen LogP) is 3.85. The molecule has 2 heterocycles. The van der Waals surface area contributed by atoms with E-state index in [1.54, 1.807) is 7.11 Å². The quantitative estimate of drug-likeness (QED) is 0.438. The number of aromatic carboxylic acids is 1. The molecular weight excluding hydrogens is 438 g/mol. The van der Waals surface area contributed by atoms with Gasteiger partial charge in [-0.25, -0.2) is 9.78 Å². The number of aromatic nitrogens is 2. The Bertz CT molecular complexity index is 1110. The molecule has 0 aliphatic carbocycles. The standard InChI is InChI=1S/C25H27N3O6/c1-16(11-18-7-5-4-6-8-18)33-22-12-20(13-23(28-22)34-17(2)15-32-3)24(29)27-21-10-9-19(14-26-21)25(30)31/h4-10,12-14,16-17H,11,15H2,1-3H3,(H,30,31)(H,26,27,29). The van der Waals surface area contributed by atoms with Crippen molar-refractivity contribution < 1.29 is 28.9 Å². The average molecular weight is 466 g/mol. The highest BCUT2D eigenvalue weighted by Gasteiger charge is 2.16. The SMILES string of the molecule is COCC(C)Oc1cc(C(=O)Nc2ccc(C(=O)O)cn2)cc(OC(C)Cc2ccccc2)n1. The molecule has 0 aliphatic rings. The molecule has 2 atom stereocenters. The molecule has 2 aromatic heterocycles. The van der Waals surface area contributed by atoms with Crippen LogP contribution in [0.4, 0.5) is 5.82 Å². The van der Waals surface area contributed by atoms with Crippen molar-refractivity contribution in [2.75, 3.05) is 19.0 Å². The molecule has 0 fully saturated rings. The van der Waals surface area contributed by atoms with Crippen molar-refractivity contribution in [3.05, 3.63) is 77.5 Å². The largest absolute Gasteiger partial charge is 0.478 e. The first-order valence-electron chi connectivity index (χ1n) is 10.7. The van der Waals surface area contributed by atoms with Crippen LogP contribution in [0.2, 0.25) is 0 Å². The van der Waals surface area contributed by atoms with E-state index in [4.69, 9.17) is 19.3 Å². The molecule has 178 valence electrons. The third-order valence-corrected chi connectivity index (χ3v) is 4.70. The van der Waals surface area contributed by atoms with Crippen LogP contribution in [0.3, 0.4) is 0 Å². The summed E-state index contributed by atoms with van der Waals surface area (Å²) in [5, 5.41) is 11.6. The molecule has 9 heteroatoms. The fraction of sp³-hybridized carbons (Fsp3) is 0.280. The maximum atomic E-state index is 12.9. The smallest absolute Gasteiger partial charge is 0.337 e. The molecule has 0 aliphatic heterocycles. The number of ether oxygens (including phenoxy) is 3. The summed E-state index contributed by atoms with van der Waals surface area (Å²) >= 11 is 0. The topological polar surface area (TPSA) is 120 Å². The molecule has 0 radical (unpaired) electrons. The number of methoxy groups -OCH3 is 1. The third-order valence-electron chi connectivity index (χ3n) is 4.70. The van der Waals surface area contributed by atoms with Crippen molar-refractivity contribution in [1.82, 2.24) is 9.97 Å². The summed E-state index contributed by atoms with van der Waals surface area (Å²) in [6.07, 6.45) is 1.33. The molecule has 34 heavy (non-hydrogen) atoms. The van der Waals surface area contributed by atoms with Crippen molar-refractivity contribution >= 4 is 17.7 Å². The number of carbonyl (C=O) groups is 2. The Hall–Kier alpha value is -3.98. The molecular formula is C25H27N3O6. The maximum Gasteiger partial charge on any atom is 0.337 e. The van der Waals surface area contributed by atoms with Crippen LogP contribution in [0.5, 0.6) is 11.8 Å². The summed E-state index contributed by atoms with van der Waals surface area (Å²) in [5.41, 5.74) is 1.39. The number of rotatable bonds is 11. The van der Waals surface area contributed by atoms with E-state index in [0.29, 0.717) is 13.0 Å². The number of hydrogen-bond acceptors (Lipinski definition) is 7. The summed E-state index contributed by atoms with van der Waals surface area (Å²) in [5.74, 6) is -0.902. The number of hydrogen-bond donors (Lipinski definition) is 2. The van der Waals surface area contributed by atoms with Gasteiger partial charge in [0.2, 0.25) is 11.8 Å². The Labute approximate surface area is 197 Å².